The average molecular weight is 399 g/mol. The first-order valence-corrected chi connectivity index (χ1v) is 9.79. The highest BCUT2D eigenvalue weighted by atomic mass is 32.2. The van der Waals surface area contributed by atoms with Gasteiger partial charge in [0.05, 0.1) is 16.0 Å². The van der Waals surface area contributed by atoms with Crippen LogP contribution in [0.4, 0.5) is 10.1 Å². The van der Waals surface area contributed by atoms with Gasteiger partial charge in [0.15, 0.2) is 5.96 Å². The minimum Gasteiger partial charge on any atom is -0.352 e. The Bertz CT molecular complexity index is 1070. The molecule has 0 fully saturated rings. The zero-order valence-corrected chi connectivity index (χ0v) is 15.8. The fourth-order valence-corrected chi connectivity index (χ4v) is 3.63. The second-order valence-corrected chi connectivity index (χ2v) is 7.72. The Labute approximate surface area is 162 Å². The molecule has 0 atom stereocenters. The number of nitrogens with one attached hydrogen (secondary N) is 2. The van der Waals surface area contributed by atoms with E-state index >= 15 is 0 Å². The maximum absolute atomic E-state index is 13.3. The Morgan fingerprint density at radius 3 is 2.39 bits per heavy atom. The van der Waals surface area contributed by atoms with Crippen LogP contribution in [0.5, 0.6) is 0 Å². The van der Waals surface area contributed by atoms with Crippen LogP contribution in [0.1, 0.15) is 5.56 Å². The van der Waals surface area contributed by atoms with Gasteiger partial charge in [0, 0.05) is 37.9 Å². The third-order valence-corrected chi connectivity index (χ3v) is 5.59. The van der Waals surface area contributed by atoms with Crippen LogP contribution >= 0.6 is 0 Å². The summed E-state index contributed by atoms with van der Waals surface area (Å²) in [6.45, 7) is 0.437. The summed E-state index contributed by atoms with van der Waals surface area (Å²) in [6.07, 6.45) is 5.43. The summed E-state index contributed by atoms with van der Waals surface area (Å²) in [6, 6.07) is 10.9. The number of aromatic nitrogens is 2. The van der Waals surface area contributed by atoms with Crippen LogP contribution < -0.4 is 10.6 Å². The van der Waals surface area contributed by atoms with E-state index in [4.69, 9.17) is 0 Å². The molecule has 0 saturated heterocycles. The molecule has 0 radical (unpaired) electrons. The van der Waals surface area contributed by atoms with Gasteiger partial charge in [-0.15, -0.1) is 0 Å². The molecule has 2 N–H and O–H groups in total. The second-order valence-electron chi connectivity index (χ2n) is 5.77. The van der Waals surface area contributed by atoms with Gasteiger partial charge in [-0.3, -0.25) is 15.0 Å². The molecule has 7 nitrogen and oxygen atoms in total. The van der Waals surface area contributed by atoms with Crippen molar-refractivity contribution in [1.29, 1.82) is 0 Å². The van der Waals surface area contributed by atoms with Gasteiger partial charge >= 0.3 is 0 Å². The highest BCUT2D eigenvalue weighted by Crippen LogP contribution is 2.21. The molecule has 0 aliphatic carbocycles. The van der Waals surface area contributed by atoms with Crippen molar-refractivity contribution in [3.63, 3.8) is 0 Å². The average Bonchev–Trinajstić information content (AvgIpc) is 2.72. The zero-order chi connectivity index (χ0) is 20.0. The topological polar surface area (TPSA) is 96.3 Å². The van der Waals surface area contributed by atoms with E-state index in [1.807, 2.05) is 12.1 Å². The van der Waals surface area contributed by atoms with Gasteiger partial charge in [-0.25, -0.2) is 12.8 Å². The largest absolute Gasteiger partial charge is 0.352 e. The van der Waals surface area contributed by atoms with Crippen LogP contribution in [0.25, 0.3) is 0 Å². The van der Waals surface area contributed by atoms with Crippen molar-refractivity contribution in [2.75, 3.05) is 12.4 Å². The number of hydrogen-bond acceptors (Lipinski definition) is 5. The van der Waals surface area contributed by atoms with Gasteiger partial charge < -0.3 is 10.6 Å². The molecule has 0 aliphatic rings. The molecular formula is C19H18FN5O2S. The lowest BCUT2D eigenvalue weighted by atomic mass is 10.2. The number of hydrogen-bond donors (Lipinski definition) is 2. The number of nitrogens with zero attached hydrogens (tertiary/aromatic N) is 3. The summed E-state index contributed by atoms with van der Waals surface area (Å²) in [5.41, 5.74) is 1.70. The first kappa shape index (κ1) is 19.4. The van der Waals surface area contributed by atoms with Crippen molar-refractivity contribution in [3.05, 3.63) is 78.6 Å². The molecule has 2 heterocycles. The minimum atomic E-state index is -3.82. The molecule has 28 heavy (non-hydrogen) atoms. The lowest BCUT2D eigenvalue weighted by Gasteiger charge is -2.12. The first-order chi connectivity index (χ1) is 13.5. The van der Waals surface area contributed by atoms with Crippen LogP contribution in [-0.2, 0) is 16.4 Å². The summed E-state index contributed by atoms with van der Waals surface area (Å²) in [5, 5.41) is 6.26. The van der Waals surface area contributed by atoms with Gasteiger partial charge in [-0.1, -0.05) is 12.1 Å². The van der Waals surface area contributed by atoms with Gasteiger partial charge in [-0.2, -0.15) is 0 Å². The van der Waals surface area contributed by atoms with Crippen LogP contribution in [0.15, 0.2) is 82.0 Å². The summed E-state index contributed by atoms with van der Waals surface area (Å²) in [4.78, 5) is 11.6. The number of rotatable bonds is 5. The second kappa shape index (κ2) is 8.57. The number of pyridine rings is 2. The van der Waals surface area contributed by atoms with Crippen molar-refractivity contribution in [2.45, 2.75) is 16.3 Å². The predicted molar refractivity (Wildman–Crippen MR) is 104 cm³/mol. The smallest absolute Gasteiger partial charge is 0.208 e. The molecule has 0 spiro atoms. The van der Waals surface area contributed by atoms with E-state index in [0.29, 0.717) is 12.5 Å². The van der Waals surface area contributed by atoms with Gasteiger partial charge in [-0.05, 0) is 35.9 Å². The molecular weight excluding hydrogens is 381 g/mol. The van der Waals surface area contributed by atoms with Crippen molar-refractivity contribution in [3.8, 4) is 0 Å². The molecule has 9 heteroatoms. The molecule has 0 bridgehead atoms. The molecule has 2 aromatic heterocycles. The van der Waals surface area contributed by atoms with E-state index in [1.54, 1.807) is 31.6 Å². The quantitative estimate of drug-likeness (QED) is 0.506. The summed E-state index contributed by atoms with van der Waals surface area (Å²) >= 11 is 0. The normalized spacial score (nSPS) is 11.9. The van der Waals surface area contributed by atoms with Gasteiger partial charge in [0.1, 0.15) is 5.82 Å². The van der Waals surface area contributed by atoms with Crippen LogP contribution in [0, 0.1) is 5.82 Å². The molecule has 0 aliphatic heterocycles. The Balaban J connectivity index is 1.67. The van der Waals surface area contributed by atoms with E-state index in [9.17, 15) is 12.8 Å². The van der Waals surface area contributed by atoms with Crippen molar-refractivity contribution in [1.82, 2.24) is 15.3 Å². The number of anilines is 1. The fraction of sp³-hybridized carbons (Fsp3) is 0.105. The standard InChI is InChI=1S/C19H18FN5O2S/c1-21-19(25-16-6-8-22-9-7-16)24-11-14-2-4-17(5-3-14)28(26,27)18-10-15(20)12-23-13-18/h2-10,12-13H,11H2,1H3,(H2,21,22,24,25). The van der Waals surface area contributed by atoms with Crippen molar-refractivity contribution in [2.24, 2.45) is 4.99 Å². The lowest BCUT2D eigenvalue weighted by Crippen LogP contribution is -2.30. The fourth-order valence-electron chi connectivity index (χ4n) is 2.40. The maximum Gasteiger partial charge on any atom is 0.208 e. The molecule has 144 valence electrons. The van der Waals surface area contributed by atoms with E-state index in [0.717, 1.165) is 29.7 Å². The maximum atomic E-state index is 13.3. The van der Waals surface area contributed by atoms with Crippen LogP contribution in [0.3, 0.4) is 0 Å². The number of halogens is 1. The Morgan fingerprint density at radius 2 is 1.75 bits per heavy atom. The van der Waals surface area contributed by atoms with E-state index in [1.165, 1.54) is 12.1 Å². The Kier molecular flexibility index (Phi) is 5.95. The molecule has 3 aromatic rings. The number of sulfone groups is 1. The van der Waals surface area contributed by atoms with E-state index < -0.39 is 15.7 Å². The van der Waals surface area contributed by atoms with Gasteiger partial charge in [0.2, 0.25) is 9.84 Å². The third kappa shape index (κ3) is 4.68. The molecule has 0 amide bonds. The lowest BCUT2D eigenvalue weighted by molar-refractivity contribution is 0.588. The van der Waals surface area contributed by atoms with Crippen molar-refractivity contribution >= 4 is 21.5 Å². The summed E-state index contributed by atoms with van der Waals surface area (Å²) in [5.74, 6) is -0.135. The van der Waals surface area contributed by atoms with Crippen molar-refractivity contribution < 1.29 is 12.8 Å². The van der Waals surface area contributed by atoms with Crippen LogP contribution in [0.2, 0.25) is 0 Å². The molecule has 0 unspecified atom stereocenters. The highest BCUT2D eigenvalue weighted by Gasteiger charge is 2.18. The van der Waals surface area contributed by atoms with Gasteiger partial charge in [0.25, 0.3) is 0 Å². The van der Waals surface area contributed by atoms with E-state index in [-0.39, 0.29) is 9.79 Å². The highest BCUT2D eigenvalue weighted by molar-refractivity contribution is 7.91. The monoisotopic (exact) mass is 399 g/mol. The number of benzene rings is 1. The third-order valence-electron chi connectivity index (χ3n) is 3.85. The minimum absolute atomic E-state index is 0.0722. The number of aliphatic imine (C=N–C) groups is 1. The first-order valence-electron chi connectivity index (χ1n) is 8.31. The Hall–Kier alpha value is -3.33. The SMILES string of the molecule is CN=C(NCc1ccc(S(=O)(=O)c2cncc(F)c2)cc1)Nc1ccncc1. The predicted octanol–water partition coefficient (Wildman–Crippen LogP) is 2.64. The zero-order valence-electron chi connectivity index (χ0n) is 15.0. The van der Waals surface area contributed by atoms with E-state index in [2.05, 4.69) is 25.6 Å². The summed E-state index contributed by atoms with van der Waals surface area (Å²) in [7, 11) is -2.17. The van der Waals surface area contributed by atoms with Crippen LogP contribution in [-0.4, -0.2) is 31.4 Å². The Morgan fingerprint density at radius 1 is 1.04 bits per heavy atom. The molecule has 0 saturated carbocycles. The molecule has 3 rings (SSSR count). The number of guanidine groups is 1. The summed E-state index contributed by atoms with van der Waals surface area (Å²) < 4.78 is 38.4. The molecule has 1 aromatic carbocycles.